The molecular formula is C16H19BrN3OS+. The third kappa shape index (κ3) is 3.74. The number of nitrogens with one attached hydrogen (secondary N) is 1. The molecule has 1 aliphatic rings. The van der Waals surface area contributed by atoms with Crippen molar-refractivity contribution < 1.29 is 9.69 Å². The summed E-state index contributed by atoms with van der Waals surface area (Å²) in [6, 6.07) is 8.19. The molecule has 3 N–H and O–H groups in total. The zero-order valence-corrected chi connectivity index (χ0v) is 14.6. The number of amides is 1. The second-order valence-corrected chi connectivity index (χ2v) is 7.55. The zero-order chi connectivity index (χ0) is 15.5. The first kappa shape index (κ1) is 15.6. The number of rotatable bonds is 4. The molecule has 22 heavy (non-hydrogen) atoms. The fourth-order valence-corrected chi connectivity index (χ4v) is 4.17. The van der Waals surface area contributed by atoms with Gasteiger partial charge in [-0.25, -0.2) is 4.98 Å². The number of likely N-dealkylation sites (tertiary alicyclic amines) is 1. The Morgan fingerprint density at radius 3 is 3.14 bits per heavy atom. The van der Waals surface area contributed by atoms with Crippen LogP contribution < -0.4 is 10.6 Å². The third-order valence-electron chi connectivity index (χ3n) is 4.07. The van der Waals surface area contributed by atoms with Crippen LogP contribution in [0.4, 0.5) is 0 Å². The minimum absolute atomic E-state index is 0.0203. The molecule has 0 spiro atoms. The highest BCUT2D eigenvalue weighted by Gasteiger charge is 2.27. The Morgan fingerprint density at radius 2 is 2.36 bits per heavy atom. The Bertz CT molecular complexity index is 673. The first-order valence-electron chi connectivity index (χ1n) is 7.45. The summed E-state index contributed by atoms with van der Waals surface area (Å²) in [6.45, 7) is 2.79. The van der Waals surface area contributed by atoms with Gasteiger partial charge in [-0.15, -0.1) is 11.3 Å². The normalized spacial score (nSPS) is 21.7. The van der Waals surface area contributed by atoms with Crippen molar-refractivity contribution in [2.75, 3.05) is 13.1 Å². The number of quaternary nitrogens is 1. The first-order valence-corrected chi connectivity index (χ1v) is 9.12. The number of primary amides is 1. The highest BCUT2D eigenvalue weighted by Crippen LogP contribution is 2.26. The molecule has 1 aromatic heterocycles. The van der Waals surface area contributed by atoms with Crippen molar-refractivity contribution in [2.45, 2.75) is 19.4 Å². The Kier molecular flexibility index (Phi) is 4.90. The number of hydrogen-bond acceptors (Lipinski definition) is 3. The van der Waals surface area contributed by atoms with Crippen molar-refractivity contribution in [3.8, 4) is 10.6 Å². The van der Waals surface area contributed by atoms with E-state index in [1.54, 1.807) is 11.3 Å². The summed E-state index contributed by atoms with van der Waals surface area (Å²) in [4.78, 5) is 17.5. The molecule has 2 aromatic rings. The summed E-state index contributed by atoms with van der Waals surface area (Å²) in [5.41, 5.74) is 7.68. The summed E-state index contributed by atoms with van der Waals surface area (Å²) in [6.07, 6.45) is 1.99. The lowest BCUT2D eigenvalue weighted by molar-refractivity contribution is -0.921. The molecule has 0 aliphatic carbocycles. The van der Waals surface area contributed by atoms with E-state index in [1.165, 1.54) is 4.90 Å². The Morgan fingerprint density at radius 1 is 1.50 bits per heavy atom. The predicted octanol–water partition coefficient (Wildman–Crippen LogP) is 1.85. The largest absolute Gasteiger partial charge is 0.369 e. The summed E-state index contributed by atoms with van der Waals surface area (Å²) in [5.74, 6) is -0.141. The van der Waals surface area contributed by atoms with E-state index >= 15 is 0 Å². The fourth-order valence-electron chi connectivity index (χ4n) is 2.95. The molecule has 1 aromatic carbocycles. The molecule has 6 heteroatoms. The van der Waals surface area contributed by atoms with E-state index in [0.29, 0.717) is 0 Å². The van der Waals surface area contributed by atoms with Gasteiger partial charge in [-0.05, 0) is 25.0 Å². The molecule has 4 nitrogen and oxygen atoms in total. The maximum atomic E-state index is 11.4. The van der Waals surface area contributed by atoms with Crippen molar-refractivity contribution >= 4 is 33.2 Å². The Labute approximate surface area is 142 Å². The van der Waals surface area contributed by atoms with Crippen molar-refractivity contribution in [3.05, 3.63) is 39.8 Å². The van der Waals surface area contributed by atoms with Gasteiger partial charge in [0.1, 0.15) is 17.2 Å². The van der Waals surface area contributed by atoms with Crippen molar-refractivity contribution in [1.82, 2.24) is 4.98 Å². The molecular weight excluding hydrogens is 362 g/mol. The van der Waals surface area contributed by atoms with Gasteiger partial charge in [0.25, 0.3) is 0 Å². The Balaban J connectivity index is 1.68. The van der Waals surface area contributed by atoms with Crippen LogP contribution in [0.15, 0.2) is 34.1 Å². The minimum atomic E-state index is -0.162. The second kappa shape index (κ2) is 6.89. The number of thiazole rings is 1. The number of hydrogen-bond donors (Lipinski definition) is 2. The second-order valence-electron chi connectivity index (χ2n) is 5.78. The molecule has 2 atom stereocenters. The van der Waals surface area contributed by atoms with Crippen molar-refractivity contribution in [3.63, 3.8) is 0 Å². The zero-order valence-electron chi connectivity index (χ0n) is 12.2. The van der Waals surface area contributed by atoms with Gasteiger partial charge in [-0.2, -0.15) is 0 Å². The number of carbonyl (C=O) groups excluding carboxylic acids is 1. The van der Waals surface area contributed by atoms with Gasteiger partial charge in [0.2, 0.25) is 5.91 Å². The molecule has 1 fully saturated rings. The van der Waals surface area contributed by atoms with Crippen LogP contribution in [0, 0.1) is 5.92 Å². The van der Waals surface area contributed by atoms with Crippen LogP contribution in [-0.4, -0.2) is 24.0 Å². The lowest BCUT2D eigenvalue weighted by Gasteiger charge is -2.27. The molecule has 1 amide bonds. The van der Waals surface area contributed by atoms with Crippen LogP contribution in [0.1, 0.15) is 18.5 Å². The van der Waals surface area contributed by atoms with Gasteiger partial charge in [-0.3, -0.25) is 4.79 Å². The Hall–Kier alpha value is -1.24. The van der Waals surface area contributed by atoms with Gasteiger partial charge in [0, 0.05) is 15.4 Å². The number of nitrogens with two attached hydrogens (primary N) is 1. The highest BCUT2D eigenvalue weighted by molar-refractivity contribution is 9.10. The van der Waals surface area contributed by atoms with Gasteiger partial charge in [-0.1, -0.05) is 28.1 Å². The SMILES string of the molecule is NC(=O)[C@H]1CCC[NH+](Cc2csc(-c3cccc(Br)c3)n2)C1. The molecule has 1 aliphatic heterocycles. The number of piperidine rings is 1. The van der Waals surface area contributed by atoms with Crippen LogP contribution in [0.25, 0.3) is 10.6 Å². The van der Waals surface area contributed by atoms with E-state index in [2.05, 4.69) is 33.4 Å². The number of aromatic nitrogens is 1. The van der Waals surface area contributed by atoms with Crippen LogP contribution in [0.3, 0.4) is 0 Å². The van der Waals surface area contributed by atoms with Crippen LogP contribution in [-0.2, 0) is 11.3 Å². The lowest BCUT2D eigenvalue weighted by atomic mass is 9.97. The summed E-state index contributed by atoms with van der Waals surface area (Å²) < 4.78 is 1.06. The maximum Gasteiger partial charge on any atom is 0.226 e. The molecule has 2 heterocycles. The summed E-state index contributed by atoms with van der Waals surface area (Å²) in [7, 11) is 0. The van der Waals surface area contributed by atoms with Crippen LogP contribution in [0.2, 0.25) is 0 Å². The van der Waals surface area contributed by atoms with Crippen LogP contribution >= 0.6 is 27.3 Å². The van der Waals surface area contributed by atoms with Crippen molar-refractivity contribution in [1.29, 1.82) is 0 Å². The van der Waals surface area contributed by atoms with E-state index < -0.39 is 0 Å². The topological polar surface area (TPSA) is 60.4 Å². The van der Waals surface area contributed by atoms with E-state index in [9.17, 15) is 4.79 Å². The molecule has 1 unspecified atom stereocenters. The number of nitrogens with zero attached hydrogens (tertiary/aromatic N) is 1. The smallest absolute Gasteiger partial charge is 0.226 e. The monoisotopic (exact) mass is 380 g/mol. The average Bonchev–Trinajstić information content (AvgIpc) is 2.96. The highest BCUT2D eigenvalue weighted by atomic mass is 79.9. The summed E-state index contributed by atoms with van der Waals surface area (Å²) in [5, 5.41) is 3.16. The van der Waals surface area contributed by atoms with Gasteiger partial charge in [0.15, 0.2) is 0 Å². The molecule has 116 valence electrons. The quantitative estimate of drug-likeness (QED) is 0.849. The van der Waals surface area contributed by atoms with Crippen LogP contribution in [0.5, 0.6) is 0 Å². The van der Waals surface area contributed by atoms with Crippen molar-refractivity contribution in [2.24, 2.45) is 11.7 Å². The first-order chi connectivity index (χ1) is 10.6. The lowest BCUT2D eigenvalue weighted by Crippen LogP contribution is -3.12. The average molecular weight is 381 g/mol. The number of halogens is 1. The van der Waals surface area contributed by atoms with Gasteiger partial charge < -0.3 is 10.6 Å². The predicted molar refractivity (Wildman–Crippen MR) is 91.6 cm³/mol. The summed E-state index contributed by atoms with van der Waals surface area (Å²) >= 11 is 5.17. The van der Waals surface area contributed by atoms with E-state index in [1.807, 2.05) is 12.1 Å². The molecule has 0 radical (unpaired) electrons. The number of benzene rings is 1. The molecule has 0 saturated carbocycles. The molecule has 1 saturated heterocycles. The van der Waals surface area contributed by atoms with E-state index in [-0.39, 0.29) is 11.8 Å². The van der Waals surface area contributed by atoms with E-state index in [4.69, 9.17) is 10.7 Å². The third-order valence-corrected chi connectivity index (χ3v) is 5.51. The minimum Gasteiger partial charge on any atom is -0.369 e. The van der Waals surface area contributed by atoms with E-state index in [0.717, 1.165) is 53.2 Å². The van der Waals surface area contributed by atoms with Gasteiger partial charge >= 0.3 is 0 Å². The standard InChI is InChI=1S/C16H18BrN3OS/c17-13-5-1-3-11(7-13)16-19-14(10-22-16)9-20-6-2-4-12(8-20)15(18)21/h1,3,5,7,10,12H,2,4,6,8-9H2,(H2,18,21)/p+1/t12-/m0/s1. The molecule has 0 bridgehead atoms. The molecule has 3 rings (SSSR count). The van der Waals surface area contributed by atoms with Gasteiger partial charge in [0.05, 0.1) is 19.0 Å². The maximum absolute atomic E-state index is 11.4. The number of carbonyl (C=O) groups is 1. The fraction of sp³-hybridized carbons (Fsp3) is 0.375.